The van der Waals surface area contributed by atoms with E-state index in [2.05, 4.69) is 15.2 Å². The second-order valence-electron chi connectivity index (χ2n) is 8.94. The van der Waals surface area contributed by atoms with Gasteiger partial charge in [-0.15, -0.1) is 11.3 Å². The van der Waals surface area contributed by atoms with E-state index in [1.54, 1.807) is 6.07 Å². The van der Waals surface area contributed by atoms with E-state index in [-0.39, 0.29) is 17.5 Å². The van der Waals surface area contributed by atoms with Crippen LogP contribution in [-0.4, -0.2) is 51.0 Å². The highest BCUT2D eigenvalue weighted by atomic mass is 32.1. The number of pyridine rings is 3. The van der Waals surface area contributed by atoms with E-state index in [4.69, 9.17) is 9.72 Å². The van der Waals surface area contributed by atoms with Crippen LogP contribution >= 0.6 is 11.3 Å². The molecule has 1 amide bonds. The van der Waals surface area contributed by atoms with Crippen molar-refractivity contribution in [3.8, 4) is 0 Å². The Kier molecular flexibility index (Phi) is 5.15. The van der Waals surface area contributed by atoms with Crippen LogP contribution in [0.25, 0.3) is 31.7 Å². The standard InChI is InChI=1S/C27H22N6O3S/c34-24-18-8-9-22(31-11-13-36-14-12-31)30-25(18)33-19-5-1-2-6-20(19)37-27(33)23(24)26(35)28-15-17-16-32-10-4-3-7-21(32)29-17/h1-10,16H,11-15H2,(H,28,35). The summed E-state index contributed by atoms with van der Waals surface area (Å²) >= 11 is 1.42. The predicted octanol–water partition coefficient (Wildman–Crippen LogP) is 3.48. The predicted molar refractivity (Wildman–Crippen MR) is 144 cm³/mol. The molecule has 0 radical (unpaired) electrons. The number of rotatable bonds is 4. The number of morpholine rings is 1. The number of anilines is 1. The summed E-state index contributed by atoms with van der Waals surface area (Å²) in [5.41, 5.74) is 2.77. The van der Waals surface area contributed by atoms with Crippen molar-refractivity contribution in [2.75, 3.05) is 31.2 Å². The lowest BCUT2D eigenvalue weighted by Crippen LogP contribution is -2.36. The SMILES string of the molecule is O=C(NCc1cn2ccccc2n1)c1c(=O)c2ccc(N3CCOCC3)nc2n2c1sc1ccccc12. The highest BCUT2D eigenvalue weighted by Gasteiger charge is 2.24. The van der Waals surface area contributed by atoms with E-state index in [9.17, 15) is 9.59 Å². The normalized spacial score (nSPS) is 14.2. The Hall–Kier alpha value is -4.28. The number of imidazole rings is 1. The Morgan fingerprint density at radius 3 is 2.73 bits per heavy atom. The molecule has 1 aliphatic heterocycles. The Morgan fingerprint density at radius 1 is 1.03 bits per heavy atom. The number of benzene rings is 1. The summed E-state index contributed by atoms with van der Waals surface area (Å²) in [6.07, 6.45) is 3.78. The number of nitrogens with zero attached hydrogens (tertiary/aromatic N) is 5. The molecule has 1 aromatic carbocycles. The molecule has 1 aliphatic rings. The lowest BCUT2D eigenvalue weighted by Gasteiger charge is -2.27. The van der Waals surface area contributed by atoms with Crippen molar-refractivity contribution >= 4 is 54.8 Å². The van der Waals surface area contributed by atoms with Gasteiger partial charge in [0.25, 0.3) is 5.91 Å². The monoisotopic (exact) mass is 510 g/mol. The lowest BCUT2D eigenvalue weighted by molar-refractivity contribution is 0.0951. The molecular formula is C27H22N6O3S. The molecule has 0 unspecified atom stereocenters. The molecule has 0 bridgehead atoms. The zero-order valence-electron chi connectivity index (χ0n) is 19.8. The van der Waals surface area contributed by atoms with Crippen LogP contribution in [0, 0.1) is 0 Å². The Morgan fingerprint density at radius 2 is 1.86 bits per heavy atom. The minimum absolute atomic E-state index is 0.124. The van der Waals surface area contributed by atoms with Gasteiger partial charge >= 0.3 is 0 Å². The van der Waals surface area contributed by atoms with E-state index in [0.717, 1.165) is 34.8 Å². The van der Waals surface area contributed by atoms with Crippen LogP contribution < -0.4 is 15.6 Å². The number of fused-ring (bicyclic) bond motifs is 6. The van der Waals surface area contributed by atoms with E-state index in [1.807, 2.05) is 69.7 Å². The summed E-state index contributed by atoms with van der Waals surface area (Å²) in [6.45, 7) is 2.97. The highest BCUT2D eigenvalue weighted by molar-refractivity contribution is 7.24. The number of hydrogen-bond acceptors (Lipinski definition) is 7. The molecule has 1 saturated heterocycles. The van der Waals surface area contributed by atoms with Gasteiger partial charge in [0.05, 0.1) is 41.1 Å². The summed E-state index contributed by atoms with van der Waals surface area (Å²) in [4.78, 5) is 39.5. The lowest BCUT2D eigenvalue weighted by atomic mass is 10.1. The second-order valence-corrected chi connectivity index (χ2v) is 9.97. The Bertz CT molecular complexity index is 1850. The topological polar surface area (TPSA) is 93.2 Å². The van der Waals surface area contributed by atoms with Crippen LogP contribution in [0.3, 0.4) is 0 Å². The maximum Gasteiger partial charge on any atom is 0.258 e. The van der Waals surface area contributed by atoms with Gasteiger partial charge < -0.3 is 19.4 Å². The van der Waals surface area contributed by atoms with Crippen molar-refractivity contribution in [2.24, 2.45) is 0 Å². The maximum atomic E-state index is 13.7. The van der Waals surface area contributed by atoms with E-state index in [1.165, 1.54) is 11.3 Å². The van der Waals surface area contributed by atoms with Crippen LogP contribution in [-0.2, 0) is 11.3 Å². The number of hydrogen-bond donors (Lipinski definition) is 1. The van der Waals surface area contributed by atoms with Gasteiger partial charge in [-0.3, -0.25) is 14.0 Å². The first-order valence-electron chi connectivity index (χ1n) is 12.1. The van der Waals surface area contributed by atoms with Crippen LogP contribution in [0.1, 0.15) is 16.1 Å². The number of amides is 1. The molecule has 0 atom stereocenters. The molecule has 37 heavy (non-hydrogen) atoms. The van der Waals surface area contributed by atoms with Gasteiger partial charge in [-0.1, -0.05) is 18.2 Å². The van der Waals surface area contributed by atoms with Crippen LogP contribution in [0.4, 0.5) is 5.82 Å². The molecule has 0 saturated carbocycles. The third kappa shape index (κ3) is 3.64. The second kappa shape index (κ2) is 8.68. The number of aromatic nitrogens is 4. The zero-order valence-corrected chi connectivity index (χ0v) is 20.6. The highest BCUT2D eigenvalue weighted by Crippen LogP contribution is 2.31. The minimum Gasteiger partial charge on any atom is -0.378 e. The van der Waals surface area contributed by atoms with Gasteiger partial charge in [0.15, 0.2) is 5.65 Å². The molecule has 10 heteroatoms. The fraction of sp³-hybridized carbons (Fsp3) is 0.185. The first-order chi connectivity index (χ1) is 18.2. The summed E-state index contributed by atoms with van der Waals surface area (Å²) in [7, 11) is 0. The summed E-state index contributed by atoms with van der Waals surface area (Å²) in [5.74, 6) is 0.369. The first-order valence-corrected chi connectivity index (χ1v) is 12.9. The van der Waals surface area contributed by atoms with Gasteiger partial charge in [0, 0.05) is 25.5 Å². The number of nitrogens with one attached hydrogen (secondary N) is 1. The first kappa shape index (κ1) is 22.0. The fourth-order valence-electron chi connectivity index (χ4n) is 4.88. The van der Waals surface area contributed by atoms with Gasteiger partial charge in [-0.05, 0) is 36.4 Å². The number of carbonyl (C=O) groups is 1. The van der Waals surface area contributed by atoms with Crippen molar-refractivity contribution in [1.82, 2.24) is 24.1 Å². The van der Waals surface area contributed by atoms with Crippen molar-refractivity contribution in [3.63, 3.8) is 0 Å². The van der Waals surface area contributed by atoms with E-state index >= 15 is 0 Å². The molecule has 184 valence electrons. The van der Waals surface area contributed by atoms with Crippen molar-refractivity contribution in [2.45, 2.75) is 6.54 Å². The molecule has 5 aromatic heterocycles. The van der Waals surface area contributed by atoms with Gasteiger partial charge in [0.2, 0.25) is 5.43 Å². The zero-order chi connectivity index (χ0) is 24.9. The Labute approximate surface area is 214 Å². The van der Waals surface area contributed by atoms with Gasteiger partial charge in [0.1, 0.15) is 21.9 Å². The molecule has 6 aromatic rings. The van der Waals surface area contributed by atoms with Crippen molar-refractivity contribution in [1.29, 1.82) is 0 Å². The Balaban J connectivity index is 1.36. The maximum absolute atomic E-state index is 13.7. The largest absolute Gasteiger partial charge is 0.378 e. The van der Waals surface area contributed by atoms with Crippen LogP contribution in [0.2, 0.25) is 0 Å². The van der Waals surface area contributed by atoms with Gasteiger partial charge in [-0.2, -0.15) is 0 Å². The third-order valence-corrected chi connectivity index (χ3v) is 7.82. The molecule has 7 rings (SSSR count). The molecule has 1 N–H and O–H groups in total. The molecule has 1 fully saturated rings. The summed E-state index contributed by atoms with van der Waals surface area (Å²) < 4.78 is 10.3. The molecule has 9 nitrogen and oxygen atoms in total. The van der Waals surface area contributed by atoms with Crippen LogP contribution in [0.5, 0.6) is 0 Å². The molecular weight excluding hydrogens is 488 g/mol. The number of carbonyl (C=O) groups excluding carboxylic acids is 1. The van der Waals surface area contributed by atoms with Gasteiger partial charge in [-0.25, -0.2) is 9.97 Å². The molecule has 0 aliphatic carbocycles. The van der Waals surface area contributed by atoms with Crippen molar-refractivity contribution in [3.05, 3.63) is 88.5 Å². The van der Waals surface area contributed by atoms with Crippen molar-refractivity contribution < 1.29 is 9.53 Å². The average molecular weight is 511 g/mol. The smallest absolute Gasteiger partial charge is 0.258 e. The third-order valence-electron chi connectivity index (χ3n) is 6.68. The molecule has 6 heterocycles. The van der Waals surface area contributed by atoms with E-state index < -0.39 is 5.91 Å². The quantitative estimate of drug-likeness (QED) is 0.390. The van der Waals surface area contributed by atoms with Crippen LogP contribution in [0.15, 0.2) is 71.8 Å². The number of thiazole rings is 1. The summed E-state index contributed by atoms with van der Waals surface area (Å²) in [6, 6.07) is 17.3. The number of para-hydroxylation sites is 1. The summed E-state index contributed by atoms with van der Waals surface area (Å²) in [5, 5.41) is 3.33. The average Bonchev–Trinajstić information content (AvgIpc) is 3.53. The number of ether oxygens (including phenoxy) is 1. The van der Waals surface area contributed by atoms with E-state index in [0.29, 0.717) is 34.8 Å². The minimum atomic E-state index is -0.426. The molecule has 0 spiro atoms. The fourth-order valence-corrected chi connectivity index (χ4v) is 6.06.